The van der Waals surface area contributed by atoms with Crippen LogP contribution < -0.4 is 14.8 Å². The molecule has 1 aromatic heterocycles. The number of hydrogen-bond donors (Lipinski definition) is 1. The molecule has 8 heteroatoms. The van der Waals surface area contributed by atoms with E-state index < -0.39 is 10.8 Å². The van der Waals surface area contributed by atoms with Crippen LogP contribution in [0.25, 0.3) is 0 Å². The standard InChI is InChI=1S/C13H12N2O6/c1-19-11-6-8(9(15(17)18)7-12(11)20-2)14-13(16)10-4-3-5-21-10/h3-7H,1-2H3,(H,14,16). The number of hydrogen-bond acceptors (Lipinski definition) is 6. The maximum atomic E-state index is 11.9. The van der Waals surface area contributed by atoms with Crippen molar-refractivity contribution < 1.29 is 23.6 Å². The predicted octanol–water partition coefficient (Wildman–Crippen LogP) is 2.46. The quantitative estimate of drug-likeness (QED) is 0.670. The Hall–Kier alpha value is -3.03. The van der Waals surface area contributed by atoms with Crippen LogP contribution in [0.5, 0.6) is 11.5 Å². The highest BCUT2D eigenvalue weighted by Gasteiger charge is 2.22. The number of amides is 1. The lowest BCUT2D eigenvalue weighted by Gasteiger charge is -2.10. The van der Waals surface area contributed by atoms with Crippen LogP contribution in [-0.2, 0) is 0 Å². The molecular weight excluding hydrogens is 280 g/mol. The van der Waals surface area contributed by atoms with Gasteiger partial charge in [-0.25, -0.2) is 0 Å². The number of benzene rings is 1. The van der Waals surface area contributed by atoms with Gasteiger partial charge in [-0.2, -0.15) is 0 Å². The molecule has 0 radical (unpaired) electrons. The molecule has 8 nitrogen and oxygen atoms in total. The Labute approximate surface area is 119 Å². The van der Waals surface area contributed by atoms with Gasteiger partial charge in [-0.1, -0.05) is 0 Å². The van der Waals surface area contributed by atoms with Crippen molar-refractivity contribution in [2.45, 2.75) is 0 Å². The van der Waals surface area contributed by atoms with Gasteiger partial charge in [-0.3, -0.25) is 14.9 Å². The summed E-state index contributed by atoms with van der Waals surface area (Å²) in [5, 5.41) is 13.5. The van der Waals surface area contributed by atoms with Gasteiger partial charge in [0.25, 0.3) is 11.6 Å². The first-order chi connectivity index (χ1) is 10.1. The SMILES string of the molecule is COc1cc(NC(=O)c2ccco2)c([N+](=O)[O-])cc1OC. The number of nitrogens with zero attached hydrogens (tertiary/aromatic N) is 1. The third kappa shape index (κ3) is 2.94. The first-order valence-corrected chi connectivity index (χ1v) is 5.82. The van der Waals surface area contributed by atoms with E-state index in [0.717, 1.165) is 0 Å². The fraction of sp³-hybridized carbons (Fsp3) is 0.154. The van der Waals surface area contributed by atoms with Crippen molar-refractivity contribution >= 4 is 17.3 Å². The van der Waals surface area contributed by atoms with Crippen molar-refractivity contribution in [3.63, 3.8) is 0 Å². The lowest BCUT2D eigenvalue weighted by Crippen LogP contribution is -2.12. The zero-order valence-electron chi connectivity index (χ0n) is 11.3. The van der Waals surface area contributed by atoms with Crippen molar-refractivity contribution in [3.05, 3.63) is 46.4 Å². The smallest absolute Gasteiger partial charge is 0.296 e. The van der Waals surface area contributed by atoms with E-state index in [1.54, 1.807) is 0 Å². The zero-order valence-corrected chi connectivity index (χ0v) is 11.3. The Bertz CT molecular complexity index is 666. The Morgan fingerprint density at radius 3 is 2.48 bits per heavy atom. The minimum atomic E-state index is -0.625. The molecular formula is C13H12N2O6. The molecule has 110 valence electrons. The first-order valence-electron chi connectivity index (χ1n) is 5.82. The second-order valence-electron chi connectivity index (χ2n) is 3.91. The Kier molecular flexibility index (Phi) is 4.07. The molecule has 0 aliphatic rings. The van der Waals surface area contributed by atoms with Gasteiger partial charge in [-0.05, 0) is 12.1 Å². The second kappa shape index (κ2) is 5.95. The van der Waals surface area contributed by atoms with E-state index in [-0.39, 0.29) is 28.6 Å². The van der Waals surface area contributed by atoms with E-state index in [1.807, 2.05) is 0 Å². The van der Waals surface area contributed by atoms with Crippen LogP contribution in [0.15, 0.2) is 34.9 Å². The fourth-order valence-corrected chi connectivity index (χ4v) is 1.71. The average molecular weight is 292 g/mol. The number of carbonyl (C=O) groups is 1. The van der Waals surface area contributed by atoms with Crippen LogP contribution in [0.2, 0.25) is 0 Å². The molecule has 21 heavy (non-hydrogen) atoms. The molecule has 0 unspecified atom stereocenters. The van der Waals surface area contributed by atoms with Crippen molar-refractivity contribution in [3.8, 4) is 11.5 Å². The summed E-state index contributed by atoms with van der Waals surface area (Å²) in [7, 11) is 2.75. The van der Waals surface area contributed by atoms with Crippen LogP contribution in [0, 0.1) is 10.1 Å². The number of ether oxygens (including phenoxy) is 2. The van der Waals surface area contributed by atoms with Gasteiger partial charge in [0.15, 0.2) is 17.3 Å². The molecule has 0 atom stereocenters. The first kappa shape index (κ1) is 14.4. The number of carbonyl (C=O) groups excluding carboxylic acids is 1. The average Bonchev–Trinajstić information content (AvgIpc) is 3.00. The molecule has 1 amide bonds. The molecule has 1 N–H and O–H groups in total. The van der Waals surface area contributed by atoms with Crippen molar-refractivity contribution in [2.24, 2.45) is 0 Å². The molecule has 1 aromatic carbocycles. The molecule has 0 fully saturated rings. The van der Waals surface area contributed by atoms with Gasteiger partial charge in [-0.15, -0.1) is 0 Å². The monoisotopic (exact) mass is 292 g/mol. The number of nitrogens with one attached hydrogen (secondary N) is 1. The summed E-state index contributed by atoms with van der Waals surface area (Å²) in [6.45, 7) is 0. The number of rotatable bonds is 5. The fourth-order valence-electron chi connectivity index (χ4n) is 1.71. The topological polar surface area (TPSA) is 104 Å². The van der Waals surface area contributed by atoms with Crippen molar-refractivity contribution in [2.75, 3.05) is 19.5 Å². The maximum absolute atomic E-state index is 11.9. The van der Waals surface area contributed by atoms with Crippen molar-refractivity contribution in [1.29, 1.82) is 0 Å². The molecule has 2 rings (SSSR count). The molecule has 0 saturated heterocycles. The van der Waals surface area contributed by atoms with Crippen molar-refractivity contribution in [1.82, 2.24) is 0 Å². The predicted molar refractivity (Wildman–Crippen MR) is 72.9 cm³/mol. The van der Waals surface area contributed by atoms with Gasteiger partial charge in [0, 0.05) is 6.07 Å². The molecule has 0 aliphatic carbocycles. The van der Waals surface area contributed by atoms with Gasteiger partial charge in [0.1, 0.15) is 5.69 Å². The highest BCUT2D eigenvalue weighted by molar-refractivity contribution is 6.03. The highest BCUT2D eigenvalue weighted by Crippen LogP contribution is 2.37. The van der Waals surface area contributed by atoms with Gasteiger partial charge >= 0.3 is 0 Å². The van der Waals surface area contributed by atoms with Crippen LogP contribution in [0.3, 0.4) is 0 Å². The van der Waals surface area contributed by atoms with E-state index in [1.165, 1.54) is 44.7 Å². The van der Waals surface area contributed by atoms with Crippen LogP contribution in [0.1, 0.15) is 10.6 Å². The highest BCUT2D eigenvalue weighted by atomic mass is 16.6. The third-order valence-corrected chi connectivity index (χ3v) is 2.69. The number of furan rings is 1. The molecule has 2 aromatic rings. The van der Waals surface area contributed by atoms with E-state index >= 15 is 0 Å². The lowest BCUT2D eigenvalue weighted by molar-refractivity contribution is -0.384. The Morgan fingerprint density at radius 1 is 1.29 bits per heavy atom. The van der Waals surface area contributed by atoms with E-state index in [9.17, 15) is 14.9 Å². The molecule has 0 bridgehead atoms. The van der Waals surface area contributed by atoms with Gasteiger partial charge < -0.3 is 19.2 Å². The lowest BCUT2D eigenvalue weighted by atomic mass is 10.2. The van der Waals surface area contributed by atoms with E-state index in [4.69, 9.17) is 13.9 Å². The van der Waals surface area contributed by atoms with Crippen LogP contribution in [-0.4, -0.2) is 25.1 Å². The summed E-state index contributed by atoms with van der Waals surface area (Å²) >= 11 is 0. The zero-order chi connectivity index (χ0) is 15.4. The van der Waals surface area contributed by atoms with Crippen LogP contribution in [0.4, 0.5) is 11.4 Å². The molecule has 0 spiro atoms. The summed E-state index contributed by atoms with van der Waals surface area (Å²) in [5.41, 5.74) is -0.327. The van der Waals surface area contributed by atoms with E-state index in [2.05, 4.69) is 5.32 Å². The van der Waals surface area contributed by atoms with Gasteiger partial charge in [0.05, 0.1) is 31.5 Å². The normalized spacial score (nSPS) is 10.0. The summed E-state index contributed by atoms with van der Waals surface area (Å²) in [5.74, 6) is -0.104. The largest absolute Gasteiger partial charge is 0.493 e. The maximum Gasteiger partial charge on any atom is 0.296 e. The molecule has 0 saturated carbocycles. The number of anilines is 1. The van der Waals surface area contributed by atoms with Crippen LogP contribution >= 0.6 is 0 Å². The Balaban J connectivity index is 2.41. The Morgan fingerprint density at radius 2 is 1.95 bits per heavy atom. The number of methoxy groups -OCH3 is 2. The summed E-state index contributed by atoms with van der Waals surface area (Å²) < 4.78 is 15.0. The third-order valence-electron chi connectivity index (χ3n) is 2.69. The van der Waals surface area contributed by atoms with E-state index in [0.29, 0.717) is 0 Å². The number of nitro groups is 1. The molecule has 1 heterocycles. The second-order valence-corrected chi connectivity index (χ2v) is 3.91. The summed E-state index contributed by atoms with van der Waals surface area (Å²) in [4.78, 5) is 22.4. The van der Waals surface area contributed by atoms with Gasteiger partial charge in [0.2, 0.25) is 0 Å². The minimum Gasteiger partial charge on any atom is -0.493 e. The minimum absolute atomic E-state index is 0.0148. The summed E-state index contributed by atoms with van der Waals surface area (Å²) in [6.07, 6.45) is 1.33. The summed E-state index contributed by atoms with van der Waals surface area (Å²) in [6, 6.07) is 5.48. The number of nitro benzene ring substituents is 1. The molecule has 0 aliphatic heterocycles.